The highest BCUT2D eigenvalue weighted by atomic mass is 16.6. The van der Waals surface area contributed by atoms with Gasteiger partial charge in [0.1, 0.15) is 5.69 Å². The lowest BCUT2D eigenvalue weighted by atomic mass is 10.2. The molecule has 3 aromatic rings. The van der Waals surface area contributed by atoms with E-state index in [1.165, 1.54) is 13.1 Å². The normalized spacial score (nSPS) is 15.0. The van der Waals surface area contributed by atoms with Crippen LogP contribution in [0.1, 0.15) is 13.8 Å². The van der Waals surface area contributed by atoms with Crippen LogP contribution in [-0.2, 0) is 20.1 Å². The molecule has 2 aromatic heterocycles. The summed E-state index contributed by atoms with van der Waals surface area (Å²) in [6.45, 7) is 8.70. The van der Waals surface area contributed by atoms with Crippen molar-refractivity contribution in [1.82, 2.24) is 23.6 Å². The third-order valence-corrected chi connectivity index (χ3v) is 6.10. The summed E-state index contributed by atoms with van der Waals surface area (Å²) in [6.07, 6.45) is 1.63. The summed E-state index contributed by atoms with van der Waals surface area (Å²) in [5.74, 6) is 0.241. The first-order valence-electron chi connectivity index (χ1n) is 11.1. The van der Waals surface area contributed by atoms with E-state index < -0.39 is 0 Å². The van der Waals surface area contributed by atoms with Gasteiger partial charge in [0.05, 0.1) is 11.3 Å². The number of hydrogen-bond donors (Lipinski definition) is 0. The number of aromatic nitrogens is 4. The molecule has 0 amide bonds. The molecule has 33 heavy (non-hydrogen) atoms. The van der Waals surface area contributed by atoms with Gasteiger partial charge in [-0.2, -0.15) is 0 Å². The van der Waals surface area contributed by atoms with E-state index in [1.807, 2.05) is 29.4 Å². The third kappa shape index (κ3) is 4.40. The first kappa shape index (κ1) is 22.7. The number of rotatable bonds is 7. The molecule has 11 heteroatoms. The molecule has 0 atom stereocenters. The average Bonchev–Trinajstić information content (AvgIpc) is 3.23. The number of fused-ring (bicyclic) bond motifs is 1. The molecule has 3 heterocycles. The molecule has 1 aliphatic rings. The van der Waals surface area contributed by atoms with Crippen molar-refractivity contribution in [2.75, 3.05) is 37.6 Å². The van der Waals surface area contributed by atoms with Gasteiger partial charge >= 0.3 is 5.69 Å². The van der Waals surface area contributed by atoms with Crippen LogP contribution in [0.3, 0.4) is 0 Å². The van der Waals surface area contributed by atoms with Crippen LogP contribution in [-0.4, -0.2) is 61.2 Å². The minimum atomic E-state index is -0.349. The number of hydrogen-bond acceptors (Lipinski definition) is 7. The molecule has 0 N–H and O–H groups in total. The Labute approximate surface area is 190 Å². The van der Waals surface area contributed by atoms with Crippen molar-refractivity contribution in [3.05, 3.63) is 61.5 Å². The van der Waals surface area contributed by atoms with Crippen LogP contribution in [0, 0.1) is 16.0 Å². The van der Waals surface area contributed by atoms with Crippen molar-refractivity contribution in [3.63, 3.8) is 0 Å². The largest absolute Gasteiger partial charge is 0.363 e. The number of anilines is 1. The monoisotopic (exact) mass is 455 g/mol. The summed E-state index contributed by atoms with van der Waals surface area (Å²) in [6, 6.07) is 6.82. The molecular formula is C22H29N7O4. The summed E-state index contributed by atoms with van der Waals surface area (Å²) in [4.78, 5) is 45.1. The zero-order chi connectivity index (χ0) is 23.7. The zero-order valence-corrected chi connectivity index (χ0v) is 19.2. The van der Waals surface area contributed by atoms with Crippen LogP contribution >= 0.6 is 0 Å². The van der Waals surface area contributed by atoms with Gasteiger partial charge in [0.15, 0.2) is 11.2 Å². The Bertz CT molecular complexity index is 1280. The molecule has 4 rings (SSSR count). The Morgan fingerprint density at radius 1 is 1.09 bits per heavy atom. The summed E-state index contributed by atoms with van der Waals surface area (Å²) >= 11 is 0. The average molecular weight is 456 g/mol. The Morgan fingerprint density at radius 3 is 2.45 bits per heavy atom. The van der Waals surface area contributed by atoms with Crippen LogP contribution in [0.15, 0.2) is 40.2 Å². The topological polar surface area (TPSA) is 111 Å². The Balaban J connectivity index is 1.47. The van der Waals surface area contributed by atoms with E-state index in [0.29, 0.717) is 49.6 Å². The Morgan fingerprint density at radius 2 is 1.79 bits per heavy atom. The second-order valence-corrected chi connectivity index (χ2v) is 8.84. The van der Waals surface area contributed by atoms with Gasteiger partial charge in [-0.1, -0.05) is 26.0 Å². The molecule has 0 bridgehead atoms. The van der Waals surface area contributed by atoms with Crippen molar-refractivity contribution in [3.8, 4) is 0 Å². The maximum Gasteiger partial charge on any atom is 0.332 e. The molecule has 0 saturated carbocycles. The molecular weight excluding hydrogens is 426 g/mol. The minimum Gasteiger partial charge on any atom is -0.363 e. The van der Waals surface area contributed by atoms with Crippen molar-refractivity contribution in [2.45, 2.75) is 26.9 Å². The van der Waals surface area contributed by atoms with Gasteiger partial charge in [0.25, 0.3) is 11.2 Å². The number of para-hydroxylation sites is 2. The van der Waals surface area contributed by atoms with Gasteiger partial charge in [-0.3, -0.25) is 28.9 Å². The van der Waals surface area contributed by atoms with E-state index in [1.54, 1.807) is 23.0 Å². The summed E-state index contributed by atoms with van der Waals surface area (Å²) in [5.41, 5.74) is 0.953. The number of imidazole rings is 1. The summed E-state index contributed by atoms with van der Waals surface area (Å²) in [7, 11) is 1.50. The quantitative estimate of drug-likeness (QED) is 0.390. The molecule has 0 radical (unpaired) electrons. The van der Waals surface area contributed by atoms with E-state index in [4.69, 9.17) is 0 Å². The van der Waals surface area contributed by atoms with E-state index >= 15 is 0 Å². The molecule has 1 aliphatic heterocycles. The van der Waals surface area contributed by atoms with Gasteiger partial charge in [0.2, 0.25) is 0 Å². The molecule has 0 spiro atoms. The first-order chi connectivity index (χ1) is 15.8. The smallest absolute Gasteiger partial charge is 0.332 e. The van der Waals surface area contributed by atoms with Gasteiger partial charge in [0, 0.05) is 58.9 Å². The van der Waals surface area contributed by atoms with Gasteiger partial charge in [-0.25, -0.2) is 9.78 Å². The van der Waals surface area contributed by atoms with E-state index in [0.717, 1.165) is 17.7 Å². The van der Waals surface area contributed by atoms with Gasteiger partial charge in [-0.15, -0.1) is 0 Å². The number of piperazine rings is 1. The highest BCUT2D eigenvalue weighted by Crippen LogP contribution is 2.28. The molecule has 176 valence electrons. The number of nitro benzene ring substituents is 1. The second kappa shape index (κ2) is 9.18. The lowest BCUT2D eigenvalue weighted by Gasteiger charge is -2.35. The lowest BCUT2D eigenvalue weighted by Crippen LogP contribution is -2.47. The fourth-order valence-corrected chi connectivity index (χ4v) is 4.35. The van der Waals surface area contributed by atoms with E-state index in [-0.39, 0.29) is 27.8 Å². The molecule has 1 saturated heterocycles. The molecule has 0 unspecified atom stereocenters. The highest BCUT2D eigenvalue weighted by molar-refractivity contribution is 5.70. The van der Waals surface area contributed by atoms with Crippen LogP contribution in [0.2, 0.25) is 0 Å². The van der Waals surface area contributed by atoms with Crippen molar-refractivity contribution >= 4 is 22.5 Å². The van der Waals surface area contributed by atoms with Crippen molar-refractivity contribution in [1.29, 1.82) is 0 Å². The standard InChI is InChI=1S/C22H29N7O4/c1-16(2)14-28-20-19(21(30)24(3)22(28)31)27(15-23-20)13-10-25-8-11-26(12-9-25)17-6-4-5-7-18(17)29(32)33/h4-7,15-16H,8-14H2,1-3H3. The first-order valence-corrected chi connectivity index (χ1v) is 11.1. The Kier molecular flexibility index (Phi) is 6.32. The predicted molar refractivity (Wildman–Crippen MR) is 126 cm³/mol. The minimum absolute atomic E-state index is 0.124. The SMILES string of the molecule is CC(C)Cn1c(=O)n(C)c(=O)c2c1ncn2CCN1CCN(c2ccccc2[N+](=O)[O-])CC1. The van der Waals surface area contributed by atoms with Crippen molar-refractivity contribution < 1.29 is 4.92 Å². The molecule has 0 aliphatic carbocycles. The third-order valence-electron chi connectivity index (χ3n) is 6.10. The van der Waals surface area contributed by atoms with Crippen LogP contribution in [0.5, 0.6) is 0 Å². The number of nitro groups is 1. The lowest BCUT2D eigenvalue weighted by molar-refractivity contribution is -0.384. The van der Waals surface area contributed by atoms with Gasteiger partial charge in [-0.05, 0) is 12.0 Å². The molecule has 1 fully saturated rings. The van der Waals surface area contributed by atoms with Crippen LogP contribution < -0.4 is 16.1 Å². The molecule has 1 aromatic carbocycles. The maximum atomic E-state index is 12.8. The van der Waals surface area contributed by atoms with Crippen LogP contribution in [0.4, 0.5) is 11.4 Å². The fourth-order valence-electron chi connectivity index (χ4n) is 4.35. The zero-order valence-electron chi connectivity index (χ0n) is 19.2. The predicted octanol–water partition coefficient (Wildman–Crippen LogP) is 1.28. The van der Waals surface area contributed by atoms with Crippen molar-refractivity contribution in [2.24, 2.45) is 13.0 Å². The summed E-state index contributed by atoms with van der Waals surface area (Å²) < 4.78 is 4.54. The molecule has 11 nitrogen and oxygen atoms in total. The fraction of sp³-hybridized carbons (Fsp3) is 0.500. The summed E-state index contributed by atoms with van der Waals surface area (Å²) in [5, 5.41) is 11.3. The maximum absolute atomic E-state index is 12.8. The highest BCUT2D eigenvalue weighted by Gasteiger charge is 2.23. The van der Waals surface area contributed by atoms with Gasteiger partial charge < -0.3 is 9.47 Å². The number of benzene rings is 1. The van der Waals surface area contributed by atoms with E-state index in [9.17, 15) is 19.7 Å². The second-order valence-electron chi connectivity index (χ2n) is 8.84. The Hall–Kier alpha value is -3.47. The van der Waals surface area contributed by atoms with E-state index in [2.05, 4.69) is 9.88 Å². The number of nitrogens with zero attached hydrogens (tertiary/aromatic N) is 7. The van der Waals surface area contributed by atoms with Crippen LogP contribution in [0.25, 0.3) is 11.2 Å².